The highest BCUT2D eigenvalue weighted by Crippen LogP contribution is 2.37. The molecule has 0 heterocycles. The van der Waals surface area contributed by atoms with E-state index in [1.54, 1.807) is 6.92 Å². The highest BCUT2D eigenvalue weighted by atomic mass is 35.5. The van der Waals surface area contributed by atoms with Gasteiger partial charge < -0.3 is 10.1 Å². The van der Waals surface area contributed by atoms with Crippen molar-refractivity contribution in [1.29, 1.82) is 0 Å². The fraction of sp³-hybridized carbons (Fsp3) is 0.350. The largest absolute Gasteiger partial charge is 0.481 e. The number of amides is 1. The summed E-state index contributed by atoms with van der Waals surface area (Å²) in [6.07, 6.45) is -5.62. The van der Waals surface area contributed by atoms with Crippen LogP contribution >= 0.6 is 11.6 Å². The van der Waals surface area contributed by atoms with E-state index in [-0.39, 0.29) is 27.5 Å². The quantitative estimate of drug-likeness (QED) is 0.576. The Bertz CT molecular complexity index is 1030. The molecule has 6 nitrogen and oxygen atoms in total. The summed E-state index contributed by atoms with van der Waals surface area (Å²) >= 11 is 5.61. The first kappa shape index (κ1) is 24.8. The van der Waals surface area contributed by atoms with Crippen molar-refractivity contribution in [2.45, 2.75) is 37.9 Å². The summed E-state index contributed by atoms with van der Waals surface area (Å²) < 4.78 is 72.1. The number of carbonyl (C=O) groups excluding carboxylic acids is 1. The van der Waals surface area contributed by atoms with Crippen molar-refractivity contribution >= 4 is 33.2 Å². The second-order valence-electron chi connectivity index (χ2n) is 7.16. The first-order valence-electron chi connectivity index (χ1n) is 9.23. The summed E-state index contributed by atoms with van der Waals surface area (Å²) in [5.74, 6) is 0.176. The molecule has 2 rings (SSSR count). The molecule has 170 valence electrons. The Kier molecular flexibility index (Phi) is 7.82. The highest BCUT2D eigenvalue weighted by Gasteiger charge is 2.35. The monoisotopic (exact) mass is 478 g/mol. The van der Waals surface area contributed by atoms with Crippen LogP contribution in [0, 0.1) is 5.92 Å². The van der Waals surface area contributed by atoms with Crippen LogP contribution in [0.3, 0.4) is 0 Å². The van der Waals surface area contributed by atoms with E-state index in [0.717, 1.165) is 12.1 Å². The molecule has 0 saturated heterocycles. The topological polar surface area (TPSA) is 84.5 Å². The predicted molar refractivity (Wildman–Crippen MR) is 112 cm³/mol. The van der Waals surface area contributed by atoms with Gasteiger partial charge >= 0.3 is 6.18 Å². The van der Waals surface area contributed by atoms with E-state index in [2.05, 4.69) is 5.32 Å². The van der Waals surface area contributed by atoms with Crippen molar-refractivity contribution in [3.63, 3.8) is 0 Å². The van der Waals surface area contributed by atoms with Crippen LogP contribution in [0.25, 0.3) is 0 Å². The number of ether oxygens (including phenoxy) is 1. The number of nitrogens with one attached hydrogen (secondary N) is 2. The molecule has 0 fully saturated rings. The lowest BCUT2D eigenvalue weighted by atomic mass is 10.2. The molecule has 2 aromatic carbocycles. The molecule has 0 saturated carbocycles. The number of carbonyl (C=O) groups is 1. The highest BCUT2D eigenvalue weighted by molar-refractivity contribution is 7.92. The second-order valence-corrected chi connectivity index (χ2v) is 9.28. The molecular weight excluding hydrogens is 457 g/mol. The Hall–Kier alpha value is -2.46. The molecular formula is C20H22ClF3N2O4S. The van der Waals surface area contributed by atoms with Gasteiger partial charge in [0.05, 0.1) is 16.1 Å². The number of hydrogen-bond acceptors (Lipinski definition) is 4. The van der Waals surface area contributed by atoms with Gasteiger partial charge in [-0.05, 0) is 55.3 Å². The number of halogens is 4. The first-order valence-corrected chi connectivity index (χ1v) is 11.1. The molecule has 2 N–H and O–H groups in total. The van der Waals surface area contributed by atoms with E-state index < -0.39 is 33.6 Å². The summed E-state index contributed by atoms with van der Waals surface area (Å²) in [6.45, 7) is 5.92. The molecule has 0 aliphatic rings. The summed E-state index contributed by atoms with van der Waals surface area (Å²) in [5, 5.41) is 2.54. The van der Waals surface area contributed by atoms with Crippen LogP contribution in [0.1, 0.15) is 26.3 Å². The molecule has 0 spiro atoms. The predicted octanol–water partition coefficient (Wildman–Crippen LogP) is 4.70. The third-order valence-corrected chi connectivity index (χ3v) is 5.65. The van der Waals surface area contributed by atoms with Crippen LogP contribution < -0.4 is 14.8 Å². The zero-order valence-electron chi connectivity index (χ0n) is 17.0. The van der Waals surface area contributed by atoms with Gasteiger partial charge in [-0.3, -0.25) is 9.52 Å². The Morgan fingerprint density at radius 1 is 1.10 bits per heavy atom. The van der Waals surface area contributed by atoms with Crippen molar-refractivity contribution in [3.05, 3.63) is 53.1 Å². The lowest BCUT2D eigenvalue weighted by Crippen LogP contribution is -2.38. The van der Waals surface area contributed by atoms with E-state index >= 15 is 0 Å². The molecule has 0 unspecified atom stereocenters. The summed E-state index contributed by atoms with van der Waals surface area (Å²) in [7, 11) is -4.32. The minimum atomic E-state index is -4.80. The molecule has 11 heteroatoms. The van der Waals surface area contributed by atoms with E-state index in [0.29, 0.717) is 12.6 Å². The Morgan fingerprint density at radius 2 is 1.71 bits per heavy atom. The first-order chi connectivity index (χ1) is 14.3. The van der Waals surface area contributed by atoms with Crippen LogP contribution in [0.5, 0.6) is 5.75 Å². The van der Waals surface area contributed by atoms with E-state index in [1.807, 2.05) is 18.6 Å². The fourth-order valence-electron chi connectivity index (χ4n) is 2.45. The molecule has 1 atom stereocenters. The van der Waals surface area contributed by atoms with Gasteiger partial charge in [-0.2, -0.15) is 13.2 Å². The second kappa shape index (κ2) is 9.78. The fourth-order valence-corrected chi connectivity index (χ4v) is 3.70. The summed E-state index contributed by atoms with van der Waals surface area (Å²) in [5.41, 5.74) is -1.85. The van der Waals surface area contributed by atoms with Gasteiger partial charge in [0.15, 0.2) is 6.10 Å². The van der Waals surface area contributed by atoms with Gasteiger partial charge in [-0.1, -0.05) is 25.4 Å². The van der Waals surface area contributed by atoms with Crippen molar-refractivity contribution in [2.75, 3.05) is 11.3 Å². The van der Waals surface area contributed by atoms with E-state index in [9.17, 15) is 26.4 Å². The van der Waals surface area contributed by atoms with Crippen LogP contribution in [0.4, 0.5) is 18.9 Å². The number of rotatable bonds is 8. The van der Waals surface area contributed by atoms with Crippen LogP contribution in [0.15, 0.2) is 47.4 Å². The van der Waals surface area contributed by atoms with Gasteiger partial charge in [-0.25, -0.2) is 8.42 Å². The molecule has 1 amide bonds. The third-order valence-electron chi connectivity index (χ3n) is 4.03. The van der Waals surface area contributed by atoms with Gasteiger partial charge in [0, 0.05) is 11.6 Å². The third kappa shape index (κ3) is 7.03. The molecule has 0 radical (unpaired) electrons. The molecule has 31 heavy (non-hydrogen) atoms. The number of sulfonamides is 1. The van der Waals surface area contributed by atoms with Crippen LogP contribution in [-0.4, -0.2) is 27.0 Å². The number of hydrogen-bond donors (Lipinski definition) is 2. The van der Waals surface area contributed by atoms with Gasteiger partial charge in [-0.15, -0.1) is 0 Å². The number of benzene rings is 2. The zero-order chi connectivity index (χ0) is 23.4. The summed E-state index contributed by atoms with van der Waals surface area (Å²) in [4.78, 5) is 11.7. The minimum absolute atomic E-state index is 0.177. The van der Waals surface area contributed by atoms with Crippen molar-refractivity contribution in [1.82, 2.24) is 5.32 Å². The van der Waals surface area contributed by atoms with Crippen molar-refractivity contribution in [3.8, 4) is 5.75 Å². The molecule has 0 bridgehead atoms. The Labute approximate surface area is 183 Å². The Morgan fingerprint density at radius 3 is 2.26 bits per heavy atom. The van der Waals surface area contributed by atoms with Gasteiger partial charge in [0.1, 0.15) is 5.75 Å². The smallest absolute Gasteiger partial charge is 0.418 e. The minimum Gasteiger partial charge on any atom is -0.481 e. The van der Waals surface area contributed by atoms with E-state index in [4.69, 9.17) is 16.3 Å². The maximum atomic E-state index is 13.2. The van der Waals surface area contributed by atoms with Gasteiger partial charge in [0.25, 0.3) is 15.9 Å². The SMILES string of the molecule is CC(C)CNC(=O)[C@@H](C)Oc1ccc(S(=O)(=O)Nc2ccc(Cl)cc2C(F)(F)F)cc1. The molecule has 0 aliphatic carbocycles. The standard InChI is InChI=1S/C20H22ClF3N2O4S/c1-12(2)11-25-19(27)13(3)30-15-5-7-16(8-6-15)31(28,29)26-18-9-4-14(21)10-17(18)20(22,23)24/h4-10,12-13,26H,11H2,1-3H3,(H,25,27)/t13-/m1/s1. The molecule has 2 aromatic rings. The van der Waals surface area contributed by atoms with E-state index in [1.165, 1.54) is 24.3 Å². The lowest BCUT2D eigenvalue weighted by molar-refractivity contribution is -0.136. The average molecular weight is 479 g/mol. The van der Waals surface area contributed by atoms with Crippen molar-refractivity contribution in [2.24, 2.45) is 5.92 Å². The van der Waals surface area contributed by atoms with Crippen molar-refractivity contribution < 1.29 is 31.1 Å². The zero-order valence-corrected chi connectivity index (χ0v) is 18.5. The maximum absolute atomic E-state index is 13.2. The number of anilines is 1. The molecule has 0 aliphatic heterocycles. The van der Waals surface area contributed by atoms with Crippen LogP contribution in [0.2, 0.25) is 5.02 Å². The normalized spacial score (nSPS) is 13.0. The Balaban J connectivity index is 2.15. The van der Waals surface area contributed by atoms with Gasteiger partial charge in [0.2, 0.25) is 0 Å². The average Bonchev–Trinajstić information content (AvgIpc) is 2.66. The molecule has 0 aromatic heterocycles. The lowest BCUT2D eigenvalue weighted by Gasteiger charge is -2.17. The maximum Gasteiger partial charge on any atom is 0.418 e. The summed E-state index contributed by atoms with van der Waals surface area (Å²) in [6, 6.07) is 7.69. The van der Waals surface area contributed by atoms with Crippen LogP contribution in [-0.2, 0) is 21.0 Å². The number of alkyl halides is 3.